The first kappa shape index (κ1) is 18.5. The van der Waals surface area contributed by atoms with Crippen molar-refractivity contribution in [3.05, 3.63) is 23.8 Å². The average Bonchev–Trinajstić information content (AvgIpc) is 3.16. The van der Waals surface area contributed by atoms with E-state index in [1.165, 1.54) is 38.5 Å². The van der Waals surface area contributed by atoms with E-state index in [9.17, 15) is 4.79 Å². The molecule has 1 N–H and O–H groups in total. The Morgan fingerprint density at radius 1 is 1.04 bits per heavy atom. The van der Waals surface area contributed by atoms with Gasteiger partial charge in [0.2, 0.25) is 0 Å². The minimum atomic E-state index is 0.0120. The largest absolute Gasteiger partial charge is 0.497 e. The van der Waals surface area contributed by atoms with Gasteiger partial charge in [-0.3, -0.25) is 0 Å². The van der Waals surface area contributed by atoms with E-state index in [1.54, 1.807) is 14.2 Å². The summed E-state index contributed by atoms with van der Waals surface area (Å²) in [6.07, 6.45) is 7.72. The first-order valence-corrected chi connectivity index (χ1v) is 11.6. The topological polar surface area (TPSA) is 50.8 Å². The Morgan fingerprint density at radius 2 is 1.61 bits per heavy atom. The number of methoxy groups -OCH3 is 2. The van der Waals surface area contributed by atoms with Crippen LogP contribution in [0.15, 0.2) is 18.2 Å². The van der Waals surface area contributed by atoms with Gasteiger partial charge >= 0.3 is 6.03 Å². The summed E-state index contributed by atoms with van der Waals surface area (Å²) >= 11 is 1.82. The van der Waals surface area contributed by atoms with E-state index < -0.39 is 0 Å². The van der Waals surface area contributed by atoms with E-state index in [4.69, 9.17) is 9.47 Å². The molecule has 28 heavy (non-hydrogen) atoms. The molecule has 152 valence electrons. The minimum absolute atomic E-state index is 0.0120. The first-order chi connectivity index (χ1) is 13.6. The molecule has 1 atom stereocenters. The standard InChI is InChI=1S/C22H30N2O3S/c1-26-18-8-17(9-19(10-18)27-2)20-24(3-4-28-20)21(25)23-22-11-14-5-15(12-22)7-16(6-14)13-22/h8-10,14-16,20H,3-7,11-13H2,1-2H3,(H,23,25)/t14?,15?,16?,20-,22?/m1/s1. The second-order valence-electron chi connectivity index (χ2n) is 9.19. The van der Waals surface area contributed by atoms with E-state index >= 15 is 0 Å². The molecule has 2 amide bonds. The predicted molar refractivity (Wildman–Crippen MR) is 111 cm³/mol. The van der Waals surface area contributed by atoms with Crippen molar-refractivity contribution in [1.82, 2.24) is 10.2 Å². The van der Waals surface area contributed by atoms with Crippen LogP contribution in [0.2, 0.25) is 0 Å². The lowest BCUT2D eigenvalue weighted by Gasteiger charge is -2.57. The highest BCUT2D eigenvalue weighted by molar-refractivity contribution is 7.99. The van der Waals surface area contributed by atoms with E-state index in [-0.39, 0.29) is 16.9 Å². The monoisotopic (exact) mass is 402 g/mol. The van der Waals surface area contributed by atoms with Gasteiger partial charge in [-0.15, -0.1) is 11.8 Å². The molecule has 0 aromatic heterocycles. The van der Waals surface area contributed by atoms with Gasteiger partial charge in [0.05, 0.1) is 14.2 Å². The summed E-state index contributed by atoms with van der Waals surface area (Å²) in [5.41, 5.74) is 1.12. The van der Waals surface area contributed by atoms with Crippen LogP contribution in [-0.4, -0.2) is 43.0 Å². The third-order valence-electron chi connectivity index (χ3n) is 7.22. The Bertz CT molecular complexity index is 711. The summed E-state index contributed by atoms with van der Waals surface area (Å²) in [6, 6.07) is 6.04. The van der Waals surface area contributed by atoms with Crippen LogP contribution in [0.1, 0.15) is 49.5 Å². The molecule has 0 radical (unpaired) electrons. The van der Waals surface area contributed by atoms with Gasteiger partial charge in [0.25, 0.3) is 0 Å². The fourth-order valence-corrected chi connectivity index (χ4v) is 7.72. The number of nitrogens with one attached hydrogen (secondary N) is 1. The maximum absolute atomic E-state index is 13.4. The fraction of sp³-hybridized carbons (Fsp3) is 0.682. The number of nitrogens with zero attached hydrogens (tertiary/aromatic N) is 1. The molecule has 1 saturated heterocycles. The number of rotatable bonds is 4. The van der Waals surface area contributed by atoms with Gasteiger partial charge < -0.3 is 19.7 Å². The zero-order valence-electron chi connectivity index (χ0n) is 16.8. The Labute approximate surface area is 171 Å². The summed E-state index contributed by atoms with van der Waals surface area (Å²) in [7, 11) is 3.33. The molecular weight excluding hydrogens is 372 g/mol. The lowest BCUT2D eigenvalue weighted by Crippen LogP contribution is -2.61. The van der Waals surface area contributed by atoms with Gasteiger partial charge in [0, 0.05) is 23.9 Å². The molecule has 4 saturated carbocycles. The lowest BCUT2D eigenvalue weighted by atomic mass is 9.53. The zero-order valence-corrected chi connectivity index (χ0v) is 17.6. The maximum Gasteiger partial charge on any atom is 0.319 e. The van der Waals surface area contributed by atoms with Crippen LogP contribution >= 0.6 is 11.8 Å². The second-order valence-corrected chi connectivity index (χ2v) is 10.4. The number of hydrogen-bond donors (Lipinski definition) is 1. The van der Waals surface area contributed by atoms with Crippen LogP contribution in [0.3, 0.4) is 0 Å². The number of ether oxygens (including phenoxy) is 2. The zero-order chi connectivity index (χ0) is 19.3. The van der Waals surface area contributed by atoms with Gasteiger partial charge in [0.15, 0.2) is 0 Å². The van der Waals surface area contributed by atoms with Crippen molar-refractivity contribution in [3.8, 4) is 11.5 Å². The van der Waals surface area contributed by atoms with Crippen molar-refractivity contribution < 1.29 is 14.3 Å². The normalized spacial score (nSPS) is 35.9. The summed E-state index contributed by atoms with van der Waals surface area (Å²) in [4.78, 5) is 15.4. The average molecular weight is 403 g/mol. The van der Waals surface area contributed by atoms with E-state index in [1.807, 2.05) is 34.9 Å². The number of hydrogen-bond acceptors (Lipinski definition) is 4. The molecule has 1 heterocycles. The summed E-state index contributed by atoms with van der Waals surface area (Å²) in [5.74, 6) is 4.99. The number of carbonyl (C=O) groups excluding carboxylic acids is 1. The second kappa shape index (κ2) is 7.05. The minimum Gasteiger partial charge on any atom is -0.497 e. The molecule has 4 bridgehead atoms. The maximum atomic E-state index is 13.4. The van der Waals surface area contributed by atoms with E-state index in [0.717, 1.165) is 47.1 Å². The lowest BCUT2D eigenvalue weighted by molar-refractivity contribution is -0.0156. The molecular formula is C22H30N2O3S. The number of benzene rings is 1. The first-order valence-electron chi connectivity index (χ1n) is 10.5. The van der Waals surface area contributed by atoms with Crippen molar-refractivity contribution in [3.63, 3.8) is 0 Å². The Kier molecular flexibility index (Phi) is 4.65. The summed E-state index contributed by atoms with van der Waals surface area (Å²) in [5, 5.41) is 3.55. The molecule has 4 aliphatic carbocycles. The van der Waals surface area contributed by atoms with Gasteiger partial charge in [-0.25, -0.2) is 4.79 Å². The van der Waals surface area contributed by atoms with Gasteiger partial charge in [-0.05, 0) is 74.0 Å². The predicted octanol–water partition coefficient (Wildman–Crippen LogP) is 4.43. The molecule has 6 rings (SSSR count). The molecule has 1 aromatic rings. The molecule has 5 nitrogen and oxygen atoms in total. The van der Waals surface area contributed by atoms with Crippen molar-refractivity contribution in [2.75, 3.05) is 26.5 Å². The van der Waals surface area contributed by atoms with Crippen molar-refractivity contribution in [1.29, 1.82) is 0 Å². The molecule has 1 aliphatic heterocycles. The molecule has 5 fully saturated rings. The smallest absolute Gasteiger partial charge is 0.319 e. The number of urea groups is 1. The quantitative estimate of drug-likeness (QED) is 0.809. The van der Waals surface area contributed by atoms with Gasteiger partial charge in [-0.1, -0.05) is 0 Å². The van der Waals surface area contributed by atoms with Crippen molar-refractivity contribution in [2.24, 2.45) is 17.8 Å². The summed E-state index contributed by atoms with van der Waals surface area (Å²) < 4.78 is 10.9. The van der Waals surface area contributed by atoms with Crippen LogP contribution < -0.4 is 14.8 Å². The fourth-order valence-electron chi connectivity index (χ4n) is 6.49. The number of carbonyl (C=O) groups is 1. The molecule has 0 spiro atoms. The highest BCUT2D eigenvalue weighted by atomic mass is 32.2. The third-order valence-corrected chi connectivity index (χ3v) is 8.48. The van der Waals surface area contributed by atoms with Crippen LogP contribution in [0.25, 0.3) is 0 Å². The van der Waals surface area contributed by atoms with Crippen LogP contribution in [0, 0.1) is 17.8 Å². The molecule has 0 unspecified atom stereocenters. The van der Waals surface area contributed by atoms with E-state index in [0.29, 0.717) is 0 Å². The van der Waals surface area contributed by atoms with Crippen LogP contribution in [0.4, 0.5) is 4.79 Å². The summed E-state index contributed by atoms with van der Waals surface area (Å²) in [6.45, 7) is 0.785. The van der Waals surface area contributed by atoms with Gasteiger partial charge in [-0.2, -0.15) is 0 Å². The van der Waals surface area contributed by atoms with Crippen molar-refractivity contribution >= 4 is 17.8 Å². The highest BCUT2D eigenvalue weighted by Crippen LogP contribution is 2.55. The molecule has 6 heteroatoms. The molecule has 5 aliphatic rings. The Morgan fingerprint density at radius 3 is 2.14 bits per heavy atom. The van der Waals surface area contributed by atoms with E-state index in [2.05, 4.69) is 5.32 Å². The Balaban J connectivity index is 1.35. The van der Waals surface area contributed by atoms with Gasteiger partial charge in [0.1, 0.15) is 16.9 Å². The molecule has 1 aromatic carbocycles. The Hall–Kier alpha value is -1.56. The highest BCUT2D eigenvalue weighted by Gasteiger charge is 2.52. The number of amides is 2. The van der Waals surface area contributed by atoms with Crippen LogP contribution in [-0.2, 0) is 0 Å². The number of thioether (sulfide) groups is 1. The van der Waals surface area contributed by atoms with Crippen LogP contribution in [0.5, 0.6) is 11.5 Å². The van der Waals surface area contributed by atoms with Crippen molar-refractivity contribution in [2.45, 2.75) is 49.4 Å². The SMILES string of the molecule is COc1cc(OC)cc([C@H]2SCCN2C(=O)NC23CC4CC(CC(C4)C2)C3)c1. The third kappa shape index (κ3) is 3.23.